The second-order valence-corrected chi connectivity index (χ2v) is 10.4. The van der Waals surface area contributed by atoms with Crippen LogP contribution < -0.4 is 4.74 Å². The topological polar surface area (TPSA) is 55.8 Å². The first-order valence-electron chi connectivity index (χ1n) is 12.2. The zero-order chi connectivity index (χ0) is 22.3. The molecule has 4 nitrogen and oxygen atoms in total. The summed E-state index contributed by atoms with van der Waals surface area (Å²) < 4.78 is 13.2. The molecule has 4 atom stereocenters. The van der Waals surface area contributed by atoms with Crippen LogP contribution in [0.4, 0.5) is 0 Å². The highest BCUT2D eigenvalue weighted by Crippen LogP contribution is 2.54. The number of ether oxygens (including phenoxy) is 2. The maximum atomic E-state index is 12.3. The van der Waals surface area contributed by atoms with Gasteiger partial charge in [-0.25, -0.2) is 0 Å². The fourth-order valence-electron chi connectivity index (χ4n) is 6.19. The molecular weight excluding hydrogens is 400 g/mol. The highest BCUT2D eigenvalue weighted by molar-refractivity contribution is 5.71. The van der Waals surface area contributed by atoms with Gasteiger partial charge in [0.05, 0.1) is 18.1 Å². The first-order chi connectivity index (χ1) is 15.4. The highest BCUT2D eigenvalue weighted by Gasteiger charge is 2.53. The van der Waals surface area contributed by atoms with E-state index in [9.17, 15) is 9.90 Å². The number of rotatable bonds is 4. The van der Waals surface area contributed by atoms with Gasteiger partial charge >= 0.3 is 5.97 Å². The monoisotopic (exact) mass is 434 g/mol. The molecule has 0 spiro atoms. The van der Waals surface area contributed by atoms with Crippen LogP contribution in [0.15, 0.2) is 48.5 Å². The Balaban J connectivity index is 1.49. The van der Waals surface area contributed by atoms with Crippen molar-refractivity contribution in [2.45, 2.75) is 76.6 Å². The van der Waals surface area contributed by atoms with E-state index >= 15 is 0 Å². The summed E-state index contributed by atoms with van der Waals surface area (Å²) in [5, 5.41) is 10.1. The molecule has 0 amide bonds. The van der Waals surface area contributed by atoms with E-state index < -0.39 is 17.5 Å². The predicted octanol–water partition coefficient (Wildman–Crippen LogP) is 6.18. The Morgan fingerprint density at radius 3 is 2.50 bits per heavy atom. The summed E-state index contributed by atoms with van der Waals surface area (Å²) in [6.07, 6.45) is 6.89. The Kier molecular flexibility index (Phi) is 5.75. The van der Waals surface area contributed by atoms with E-state index in [1.54, 1.807) is 0 Å². The largest absolute Gasteiger partial charge is 0.487 e. The smallest absolute Gasteiger partial charge is 0.309 e. The molecule has 0 aromatic heterocycles. The Bertz CT molecular complexity index is 961. The molecule has 4 heteroatoms. The van der Waals surface area contributed by atoms with E-state index in [0.717, 1.165) is 30.6 Å². The lowest BCUT2D eigenvalue weighted by Crippen LogP contribution is -2.54. The van der Waals surface area contributed by atoms with Gasteiger partial charge in [0.1, 0.15) is 11.4 Å². The van der Waals surface area contributed by atoms with Crippen LogP contribution in [-0.4, -0.2) is 22.8 Å². The van der Waals surface area contributed by atoms with Gasteiger partial charge in [0.2, 0.25) is 0 Å². The standard InChI is InChI=1S/C28H34O4/c1-28(2)23-17-22(27(29)30)25(20-11-7-4-8-12-20)31-26(23)21-16-19(13-14-24(21)32-28)15-18-9-5-3-6-10-18/h3,5-6,9-10,13-14,16,20,22-23,25-26H,4,7-8,11-12,15,17H2,1-2H3,(H,29,30)/t22-,23-,25-,26+/m0/s1. The van der Waals surface area contributed by atoms with Crippen molar-refractivity contribution >= 4 is 5.97 Å². The fraction of sp³-hybridized carbons (Fsp3) is 0.536. The molecule has 3 aliphatic rings. The first-order valence-corrected chi connectivity index (χ1v) is 12.2. The van der Waals surface area contributed by atoms with Gasteiger partial charge in [0.25, 0.3) is 0 Å². The van der Waals surface area contributed by atoms with Crippen molar-refractivity contribution in [1.82, 2.24) is 0 Å². The molecule has 2 fully saturated rings. The van der Waals surface area contributed by atoms with E-state index in [2.05, 4.69) is 56.3 Å². The predicted molar refractivity (Wildman–Crippen MR) is 124 cm³/mol. The summed E-state index contributed by atoms with van der Waals surface area (Å²) in [4.78, 5) is 12.3. The minimum atomic E-state index is -0.724. The molecule has 0 bridgehead atoms. The van der Waals surface area contributed by atoms with Crippen LogP contribution >= 0.6 is 0 Å². The van der Waals surface area contributed by atoms with Crippen LogP contribution in [0.2, 0.25) is 0 Å². The van der Waals surface area contributed by atoms with E-state index in [4.69, 9.17) is 9.47 Å². The number of carboxylic acid groups (broad SMARTS) is 1. The number of hydrogen-bond acceptors (Lipinski definition) is 3. The summed E-state index contributed by atoms with van der Waals surface area (Å²) in [7, 11) is 0. The zero-order valence-corrected chi connectivity index (χ0v) is 19.1. The van der Waals surface area contributed by atoms with Gasteiger partial charge in [0, 0.05) is 11.5 Å². The Hall–Kier alpha value is -2.33. The van der Waals surface area contributed by atoms with Crippen LogP contribution in [0.5, 0.6) is 5.75 Å². The van der Waals surface area contributed by atoms with Crippen molar-refractivity contribution < 1.29 is 19.4 Å². The van der Waals surface area contributed by atoms with Crippen molar-refractivity contribution in [3.8, 4) is 5.75 Å². The minimum absolute atomic E-state index is 0.0166. The van der Waals surface area contributed by atoms with Crippen LogP contribution in [0.25, 0.3) is 0 Å². The van der Waals surface area contributed by atoms with Crippen LogP contribution in [0, 0.1) is 17.8 Å². The third kappa shape index (κ3) is 4.05. The van der Waals surface area contributed by atoms with Crippen molar-refractivity contribution in [1.29, 1.82) is 0 Å². The quantitative estimate of drug-likeness (QED) is 0.625. The lowest BCUT2D eigenvalue weighted by molar-refractivity contribution is -0.200. The second-order valence-electron chi connectivity index (χ2n) is 10.4. The van der Waals surface area contributed by atoms with Crippen LogP contribution in [0.3, 0.4) is 0 Å². The Morgan fingerprint density at radius 2 is 1.78 bits per heavy atom. The molecule has 1 N–H and O–H groups in total. The van der Waals surface area contributed by atoms with E-state index in [1.807, 2.05) is 6.07 Å². The van der Waals surface area contributed by atoms with Crippen molar-refractivity contribution in [2.75, 3.05) is 0 Å². The van der Waals surface area contributed by atoms with Gasteiger partial charge in [-0.1, -0.05) is 55.7 Å². The lowest BCUT2D eigenvalue weighted by Gasteiger charge is -2.52. The maximum absolute atomic E-state index is 12.3. The fourth-order valence-corrected chi connectivity index (χ4v) is 6.19. The van der Waals surface area contributed by atoms with Crippen LogP contribution in [0.1, 0.15) is 75.2 Å². The molecule has 1 aliphatic carbocycles. The van der Waals surface area contributed by atoms with E-state index in [1.165, 1.54) is 30.4 Å². The normalized spacial score (nSPS) is 29.4. The summed E-state index contributed by atoms with van der Waals surface area (Å²) in [5.41, 5.74) is 3.13. The summed E-state index contributed by atoms with van der Waals surface area (Å²) in [6.45, 7) is 4.16. The molecule has 2 aliphatic heterocycles. The third-order valence-corrected chi connectivity index (χ3v) is 7.90. The lowest BCUT2D eigenvalue weighted by atomic mass is 9.68. The average Bonchev–Trinajstić information content (AvgIpc) is 2.80. The number of carboxylic acids is 1. The number of fused-ring (bicyclic) bond motifs is 3. The van der Waals surface area contributed by atoms with Gasteiger partial charge in [-0.3, -0.25) is 4.79 Å². The van der Waals surface area contributed by atoms with E-state index in [-0.39, 0.29) is 18.1 Å². The summed E-state index contributed by atoms with van der Waals surface area (Å²) in [5.74, 6) is 0.0505. The van der Waals surface area contributed by atoms with Crippen molar-refractivity contribution in [3.63, 3.8) is 0 Å². The van der Waals surface area contributed by atoms with Crippen LogP contribution in [-0.2, 0) is 16.0 Å². The molecule has 1 saturated carbocycles. The van der Waals surface area contributed by atoms with Gasteiger partial charge in [-0.2, -0.15) is 0 Å². The maximum Gasteiger partial charge on any atom is 0.309 e. The third-order valence-electron chi connectivity index (χ3n) is 7.90. The summed E-state index contributed by atoms with van der Waals surface area (Å²) >= 11 is 0. The zero-order valence-electron chi connectivity index (χ0n) is 19.1. The number of benzene rings is 2. The minimum Gasteiger partial charge on any atom is -0.487 e. The molecule has 2 aromatic rings. The van der Waals surface area contributed by atoms with Gasteiger partial charge in [-0.15, -0.1) is 0 Å². The Morgan fingerprint density at radius 1 is 1.03 bits per heavy atom. The molecule has 1 saturated heterocycles. The molecule has 170 valence electrons. The van der Waals surface area contributed by atoms with Gasteiger partial charge in [0.15, 0.2) is 0 Å². The van der Waals surface area contributed by atoms with Crippen molar-refractivity contribution in [3.05, 3.63) is 65.2 Å². The SMILES string of the molecule is CC1(C)Oc2ccc(Cc3ccccc3)cc2[C@H]2O[C@@H](C3CCCCC3)[C@@H](C(=O)O)C[C@@H]21. The molecule has 2 aromatic carbocycles. The molecular formula is C28H34O4. The van der Waals surface area contributed by atoms with Crippen molar-refractivity contribution in [2.24, 2.45) is 17.8 Å². The summed E-state index contributed by atoms with van der Waals surface area (Å²) in [6, 6.07) is 16.9. The second kappa shape index (κ2) is 8.55. The van der Waals surface area contributed by atoms with Gasteiger partial charge in [-0.05, 0) is 68.7 Å². The van der Waals surface area contributed by atoms with Gasteiger partial charge < -0.3 is 14.6 Å². The number of aliphatic carboxylic acids is 1. The molecule has 0 radical (unpaired) electrons. The first kappa shape index (κ1) is 21.5. The van der Waals surface area contributed by atoms with E-state index in [0.29, 0.717) is 12.3 Å². The average molecular weight is 435 g/mol. The Labute approximate surface area is 190 Å². The highest BCUT2D eigenvalue weighted by atomic mass is 16.5. The molecule has 2 heterocycles. The molecule has 0 unspecified atom stereocenters. The number of hydrogen-bond donors (Lipinski definition) is 1. The molecule has 5 rings (SSSR count). The number of carbonyl (C=O) groups is 1. The molecule has 32 heavy (non-hydrogen) atoms.